The molecule has 4 aromatic heterocycles. The van der Waals surface area contributed by atoms with Gasteiger partial charge in [0.1, 0.15) is 5.65 Å². The molecule has 0 bridgehead atoms. The number of para-hydroxylation sites is 6. The van der Waals surface area contributed by atoms with Crippen molar-refractivity contribution in [3.63, 3.8) is 0 Å². The van der Waals surface area contributed by atoms with Crippen LogP contribution in [0.3, 0.4) is 0 Å². The van der Waals surface area contributed by atoms with Crippen molar-refractivity contribution >= 4 is 82.0 Å². The standard InChI is InChI=1S/C43H26N4/c1-3-13-27(14-4-1)45-37-20-10-7-17-29(37)32-23-35-31(24-40(32)45)34-26-41-33(25-42(34)47-39-22-12-9-19-36(39)44-43(35)47)30-18-8-11-21-38(30)46(41)28-15-5-2-6-16-28/h1-26H. The topological polar surface area (TPSA) is 27.2 Å². The van der Waals surface area contributed by atoms with Gasteiger partial charge in [0.25, 0.3) is 0 Å². The van der Waals surface area contributed by atoms with Crippen LogP contribution in [0.2, 0.25) is 0 Å². The maximum atomic E-state index is 5.29. The highest BCUT2D eigenvalue weighted by Gasteiger charge is 2.21. The molecule has 0 atom stereocenters. The molecule has 0 spiro atoms. The highest BCUT2D eigenvalue weighted by atomic mass is 15.0. The molecule has 11 aromatic rings. The van der Waals surface area contributed by atoms with E-state index < -0.39 is 0 Å². The summed E-state index contributed by atoms with van der Waals surface area (Å²) >= 11 is 0. The lowest BCUT2D eigenvalue weighted by Gasteiger charge is -2.13. The third-order valence-electron chi connectivity index (χ3n) is 9.96. The summed E-state index contributed by atoms with van der Waals surface area (Å²) in [6.45, 7) is 0. The van der Waals surface area contributed by atoms with Gasteiger partial charge in [0.05, 0.1) is 38.6 Å². The Kier molecular flexibility index (Phi) is 4.81. The van der Waals surface area contributed by atoms with Crippen molar-refractivity contribution in [3.8, 4) is 11.4 Å². The molecule has 0 aliphatic heterocycles. The molecule has 0 saturated carbocycles. The maximum Gasteiger partial charge on any atom is 0.146 e. The normalized spacial score (nSPS) is 12.3. The summed E-state index contributed by atoms with van der Waals surface area (Å²) in [6.07, 6.45) is 0. The summed E-state index contributed by atoms with van der Waals surface area (Å²) in [5.41, 5.74) is 11.4. The van der Waals surface area contributed by atoms with E-state index in [1.807, 2.05) is 0 Å². The third kappa shape index (κ3) is 3.28. The zero-order valence-electron chi connectivity index (χ0n) is 25.3. The van der Waals surface area contributed by atoms with Crippen LogP contribution in [0.5, 0.6) is 0 Å². The third-order valence-corrected chi connectivity index (χ3v) is 9.96. The molecule has 0 unspecified atom stereocenters. The number of benzene rings is 7. The van der Waals surface area contributed by atoms with Crippen molar-refractivity contribution < 1.29 is 0 Å². The second-order valence-electron chi connectivity index (χ2n) is 12.4. The minimum atomic E-state index is 0.985. The molecular formula is C43H26N4. The molecule has 4 heterocycles. The van der Waals surface area contributed by atoms with Gasteiger partial charge < -0.3 is 9.13 Å². The number of rotatable bonds is 2. The molecular weight excluding hydrogens is 573 g/mol. The second kappa shape index (κ2) is 9.09. The Bertz CT molecular complexity index is 3050. The molecule has 0 saturated heterocycles. The summed E-state index contributed by atoms with van der Waals surface area (Å²) in [4.78, 5) is 5.29. The lowest BCUT2D eigenvalue weighted by Crippen LogP contribution is -1.96. The van der Waals surface area contributed by atoms with E-state index in [2.05, 4.69) is 171 Å². The average Bonchev–Trinajstić information content (AvgIpc) is 3.79. The average molecular weight is 599 g/mol. The Balaban J connectivity index is 1.41. The van der Waals surface area contributed by atoms with Gasteiger partial charge in [0, 0.05) is 43.7 Å². The lowest BCUT2D eigenvalue weighted by atomic mass is 10.0. The largest absolute Gasteiger partial charge is 0.309 e. The number of hydrogen-bond donors (Lipinski definition) is 0. The van der Waals surface area contributed by atoms with Crippen LogP contribution in [-0.4, -0.2) is 18.5 Å². The summed E-state index contributed by atoms with van der Waals surface area (Å²) < 4.78 is 7.19. The minimum Gasteiger partial charge on any atom is -0.309 e. The number of fused-ring (bicyclic) bond motifs is 14. The Labute approximate surface area is 268 Å². The molecule has 0 aliphatic carbocycles. The fourth-order valence-electron chi connectivity index (χ4n) is 7.99. The Hall–Kier alpha value is -6.39. The van der Waals surface area contributed by atoms with E-state index >= 15 is 0 Å². The molecule has 0 radical (unpaired) electrons. The van der Waals surface area contributed by atoms with Crippen LogP contribution < -0.4 is 0 Å². The van der Waals surface area contributed by atoms with Crippen LogP contribution in [0.1, 0.15) is 0 Å². The second-order valence-corrected chi connectivity index (χ2v) is 12.4. The zero-order valence-corrected chi connectivity index (χ0v) is 25.3. The highest BCUT2D eigenvalue weighted by molar-refractivity contribution is 6.24. The summed E-state index contributed by atoms with van der Waals surface area (Å²) in [7, 11) is 0. The molecule has 218 valence electrons. The van der Waals surface area contributed by atoms with Gasteiger partial charge in [-0.1, -0.05) is 84.9 Å². The Morgan fingerprint density at radius 2 is 0.787 bits per heavy atom. The van der Waals surface area contributed by atoms with E-state index in [0.29, 0.717) is 0 Å². The van der Waals surface area contributed by atoms with Gasteiger partial charge >= 0.3 is 0 Å². The predicted molar refractivity (Wildman–Crippen MR) is 196 cm³/mol. The van der Waals surface area contributed by atoms with E-state index in [-0.39, 0.29) is 0 Å². The molecule has 0 amide bonds. The molecule has 4 nitrogen and oxygen atoms in total. The van der Waals surface area contributed by atoms with E-state index in [9.17, 15) is 0 Å². The van der Waals surface area contributed by atoms with Crippen LogP contribution in [0, 0.1) is 0 Å². The van der Waals surface area contributed by atoms with Crippen LogP contribution in [0.4, 0.5) is 0 Å². The van der Waals surface area contributed by atoms with Crippen LogP contribution >= 0.6 is 0 Å². The zero-order chi connectivity index (χ0) is 30.6. The monoisotopic (exact) mass is 598 g/mol. The van der Waals surface area contributed by atoms with Crippen molar-refractivity contribution in [2.75, 3.05) is 0 Å². The molecule has 11 rings (SSSR count). The first-order valence-corrected chi connectivity index (χ1v) is 16.1. The van der Waals surface area contributed by atoms with E-state index in [4.69, 9.17) is 4.98 Å². The first-order chi connectivity index (χ1) is 23.3. The SMILES string of the molecule is c1ccc(-n2c3ccccc3c3cc4c(cc32)c2cc3c(cc2n2c5ccccc5nc42)c2ccccc2n3-c2ccccc2)cc1. The van der Waals surface area contributed by atoms with Gasteiger partial charge in [-0.25, -0.2) is 4.98 Å². The quantitative estimate of drug-likeness (QED) is 0.182. The van der Waals surface area contributed by atoms with E-state index in [1.54, 1.807) is 0 Å². The number of imidazole rings is 1. The van der Waals surface area contributed by atoms with Gasteiger partial charge in [0.2, 0.25) is 0 Å². The maximum absolute atomic E-state index is 5.29. The van der Waals surface area contributed by atoms with E-state index in [0.717, 1.165) is 39.0 Å². The fraction of sp³-hybridized carbons (Fsp3) is 0. The molecule has 47 heavy (non-hydrogen) atoms. The van der Waals surface area contributed by atoms with Crippen molar-refractivity contribution in [3.05, 3.63) is 158 Å². The first-order valence-electron chi connectivity index (χ1n) is 16.1. The first kappa shape index (κ1) is 24.9. The smallest absolute Gasteiger partial charge is 0.146 e. The number of nitrogens with zero attached hydrogens (tertiary/aromatic N) is 4. The van der Waals surface area contributed by atoms with Crippen molar-refractivity contribution in [2.45, 2.75) is 0 Å². The van der Waals surface area contributed by atoms with Gasteiger partial charge in [-0.15, -0.1) is 0 Å². The van der Waals surface area contributed by atoms with Crippen LogP contribution in [0.25, 0.3) is 93.3 Å². The van der Waals surface area contributed by atoms with Crippen molar-refractivity contribution in [1.29, 1.82) is 0 Å². The predicted octanol–water partition coefficient (Wildman–Crippen LogP) is 11.0. The Morgan fingerprint density at radius 1 is 0.319 bits per heavy atom. The molecule has 4 heteroatoms. The molecule has 7 aromatic carbocycles. The van der Waals surface area contributed by atoms with Crippen molar-refractivity contribution in [2.24, 2.45) is 0 Å². The molecule has 0 N–H and O–H groups in total. The number of hydrogen-bond acceptors (Lipinski definition) is 1. The summed E-state index contributed by atoms with van der Waals surface area (Å²) in [6, 6.07) is 57.0. The molecule has 0 aliphatic rings. The highest BCUT2D eigenvalue weighted by Crippen LogP contribution is 2.42. The Morgan fingerprint density at radius 3 is 1.43 bits per heavy atom. The number of aromatic nitrogens is 4. The van der Waals surface area contributed by atoms with Crippen LogP contribution in [-0.2, 0) is 0 Å². The fourth-order valence-corrected chi connectivity index (χ4v) is 7.99. The van der Waals surface area contributed by atoms with Gasteiger partial charge in [-0.3, -0.25) is 4.40 Å². The minimum absolute atomic E-state index is 0.985. The van der Waals surface area contributed by atoms with E-state index in [1.165, 1.54) is 54.4 Å². The van der Waals surface area contributed by atoms with Crippen LogP contribution in [0.15, 0.2) is 158 Å². The lowest BCUT2D eigenvalue weighted by molar-refractivity contribution is 1.18. The van der Waals surface area contributed by atoms with Gasteiger partial charge in [-0.2, -0.15) is 0 Å². The van der Waals surface area contributed by atoms with Gasteiger partial charge in [-0.05, 0) is 78.2 Å². The molecule has 0 fully saturated rings. The van der Waals surface area contributed by atoms with Gasteiger partial charge in [0.15, 0.2) is 0 Å². The van der Waals surface area contributed by atoms with Crippen molar-refractivity contribution in [1.82, 2.24) is 18.5 Å². The summed E-state index contributed by atoms with van der Waals surface area (Å²) in [5, 5.41) is 8.49. The summed E-state index contributed by atoms with van der Waals surface area (Å²) in [5.74, 6) is 0. The number of pyridine rings is 1.